The van der Waals surface area contributed by atoms with Crippen LogP contribution in [0.4, 0.5) is 13.2 Å². The third-order valence-electron chi connectivity index (χ3n) is 2.08. The summed E-state index contributed by atoms with van der Waals surface area (Å²) >= 11 is -0.425. The van der Waals surface area contributed by atoms with Crippen molar-refractivity contribution < 1.29 is 22.7 Å². The summed E-state index contributed by atoms with van der Waals surface area (Å²) in [6.07, 6.45) is 0. The fourth-order valence-corrected chi connectivity index (χ4v) is 2.09. The Morgan fingerprint density at radius 1 is 1.44 bits per heavy atom. The maximum absolute atomic E-state index is 12.4. The van der Waals surface area contributed by atoms with Crippen LogP contribution < -0.4 is 0 Å². The van der Waals surface area contributed by atoms with Crippen molar-refractivity contribution in [1.82, 2.24) is 0 Å². The molecule has 0 aromatic heterocycles. The lowest BCUT2D eigenvalue weighted by molar-refractivity contribution is -0.0328. The summed E-state index contributed by atoms with van der Waals surface area (Å²) in [5.41, 5.74) is -4.76. The van der Waals surface area contributed by atoms with Gasteiger partial charge in [0.2, 0.25) is 0 Å². The normalized spacial score (nSPS) is 10.9. The van der Waals surface area contributed by atoms with Gasteiger partial charge in [0, 0.05) is 4.90 Å². The predicted octanol–water partition coefficient (Wildman–Crippen LogP) is 3.27. The van der Waals surface area contributed by atoms with E-state index in [2.05, 4.69) is 4.74 Å². The van der Waals surface area contributed by atoms with Gasteiger partial charge in [-0.15, -0.1) is 0 Å². The zero-order chi connectivity index (χ0) is 13.9. The number of hydrogen-bond donors (Lipinski definition) is 0. The molecule has 0 heterocycles. The van der Waals surface area contributed by atoms with Crippen LogP contribution in [0.3, 0.4) is 0 Å². The summed E-state index contributed by atoms with van der Waals surface area (Å²) in [4.78, 5) is 11.2. The Labute approximate surface area is 106 Å². The molecule has 0 atom stereocenters. The quantitative estimate of drug-likeness (QED) is 0.614. The number of ether oxygens (including phenoxy) is 1. The van der Waals surface area contributed by atoms with E-state index in [9.17, 15) is 18.0 Å². The van der Waals surface area contributed by atoms with E-state index in [1.807, 2.05) is 0 Å². The Kier molecular flexibility index (Phi) is 4.24. The van der Waals surface area contributed by atoms with Gasteiger partial charge in [0.1, 0.15) is 6.07 Å². The zero-order valence-corrected chi connectivity index (χ0v) is 10.3. The van der Waals surface area contributed by atoms with Crippen LogP contribution in [-0.4, -0.2) is 18.6 Å². The Morgan fingerprint density at radius 2 is 2.06 bits per heavy atom. The van der Waals surface area contributed by atoms with Crippen LogP contribution in [0, 0.1) is 18.3 Å². The molecular formula is C11H8F3NO2S. The van der Waals surface area contributed by atoms with Gasteiger partial charge in [-0.2, -0.15) is 18.4 Å². The Hall–Kier alpha value is -1.68. The number of esters is 1. The molecule has 0 unspecified atom stereocenters. The first kappa shape index (κ1) is 14.4. The average molecular weight is 275 g/mol. The molecule has 3 nitrogen and oxygen atoms in total. The van der Waals surface area contributed by atoms with E-state index in [4.69, 9.17) is 5.26 Å². The van der Waals surface area contributed by atoms with Crippen molar-refractivity contribution in [2.45, 2.75) is 17.3 Å². The molecule has 1 aromatic rings. The number of aryl methyl sites for hydroxylation is 1. The molecule has 1 aromatic carbocycles. The number of nitriles is 1. The Morgan fingerprint density at radius 3 is 2.50 bits per heavy atom. The Bertz CT molecular complexity index is 520. The summed E-state index contributed by atoms with van der Waals surface area (Å²) in [6, 6.07) is 4.34. The molecule has 0 aliphatic rings. The second-order valence-electron chi connectivity index (χ2n) is 3.29. The summed E-state index contributed by atoms with van der Waals surface area (Å²) < 4.78 is 41.7. The van der Waals surface area contributed by atoms with Crippen LogP contribution in [0.2, 0.25) is 0 Å². The molecule has 0 radical (unpaired) electrons. The van der Waals surface area contributed by atoms with Gasteiger partial charge in [-0.05, 0) is 30.3 Å². The molecule has 0 N–H and O–H groups in total. The molecule has 0 saturated heterocycles. The van der Waals surface area contributed by atoms with Crippen molar-refractivity contribution in [3.05, 3.63) is 28.8 Å². The summed E-state index contributed by atoms with van der Waals surface area (Å²) in [5.74, 6) is -0.956. The van der Waals surface area contributed by atoms with Gasteiger partial charge in [0.05, 0.1) is 18.2 Å². The molecule has 0 fully saturated rings. The fraction of sp³-hybridized carbons (Fsp3) is 0.273. The SMILES string of the molecule is COC(=O)c1c(C#N)ccc(C)c1SC(F)(F)F. The van der Waals surface area contributed by atoms with E-state index in [0.717, 1.165) is 7.11 Å². The summed E-state index contributed by atoms with van der Waals surface area (Å²) in [6.45, 7) is 1.43. The molecule has 0 aliphatic carbocycles. The summed E-state index contributed by atoms with van der Waals surface area (Å²) in [7, 11) is 1.05. The number of alkyl halides is 3. The molecule has 0 spiro atoms. The highest BCUT2D eigenvalue weighted by Gasteiger charge is 2.33. The minimum Gasteiger partial charge on any atom is -0.465 e. The lowest BCUT2D eigenvalue weighted by atomic mass is 10.1. The monoisotopic (exact) mass is 275 g/mol. The number of carbonyl (C=O) groups is 1. The number of nitrogens with zero attached hydrogens (tertiary/aromatic N) is 1. The van der Waals surface area contributed by atoms with Gasteiger partial charge < -0.3 is 4.74 Å². The van der Waals surface area contributed by atoms with E-state index in [1.165, 1.54) is 19.1 Å². The van der Waals surface area contributed by atoms with Crippen molar-refractivity contribution in [2.75, 3.05) is 7.11 Å². The molecule has 0 saturated carbocycles. The summed E-state index contributed by atoms with van der Waals surface area (Å²) in [5, 5.41) is 8.83. The molecule has 0 amide bonds. The first-order chi connectivity index (χ1) is 8.30. The van der Waals surface area contributed by atoms with Crippen molar-refractivity contribution in [3.63, 3.8) is 0 Å². The van der Waals surface area contributed by atoms with Crippen molar-refractivity contribution in [1.29, 1.82) is 5.26 Å². The van der Waals surface area contributed by atoms with Gasteiger partial charge in [-0.1, -0.05) is 6.07 Å². The minimum atomic E-state index is -4.54. The van der Waals surface area contributed by atoms with Gasteiger partial charge in [-0.3, -0.25) is 0 Å². The number of benzene rings is 1. The molecule has 18 heavy (non-hydrogen) atoms. The highest BCUT2D eigenvalue weighted by molar-refractivity contribution is 8.00. The largest absolute Gasteiger partial charge is 0.465 e. The molecule has 7 heteroatoms. The maximum atomic E-state index is 12.4. The van der Waals surface area contributed by atoms with E-state index in [1.54, 1.807) is 6.07 Å². The molecular weight excluding hydrogens is 267 g/mol. The highest BCUT2D eigenvalue weighted by atomic mass is 32.2. The topological polar surface area (TPSA) is 50.1 Å². The number of hydrogen-bond acceptors (Lipinski definition) is 4. The van der Waals surface area contributed by atoms with Crippen LogP contribution in [0.1, 0.15) is 21.5 Å². The van der Waals surface area contributed by atoms with E-state index in [0.29, 0.717) is 0 Å². The van der Waals surface area contributed by atoms with Crippen molar-refractivity contribution in [2.24, 2.45) is 0 Å². The number of methoxy groups -OCH3 is 1. The van der Waals surface area contributed by atoms with Crippen molar-refractivity contribution in [3.8, 4) is 6.07 Å². The van der Waals surface area contributed by atoms with Crippen LogP contribution in [0.5, 0.6) is 0 Å². The van der Waals surface area contributed by atoms with Crippen LogP contribution >= 0.6 is 11.8 Å². The number of carbonyl (C=O) groups excluding carboxylic acids is 1. The van der Waals surface area contributed by atoms with Crippen LogP contribution in [-0.2, 0) is 4.74 Å². The number of thioether (sulfide) groups is 1. The minimum absolute atomic E-state index is 0.140. The first-order valence-corrected chi connectivity index (χ1v) is 5.49. The molecule has 0 aliphatic heterocycles. The van der Waals surface area contributed by atoms with E-state index in [-0.39, 0.29) is 21.6 Å². The standard InChI is InChI=1S/C11H8F3NO2S/c1-6-3-4-7(5-15)8(10(16)17-2)9(6)18-11(12,13)14/h3-4H,1-2H3. The lowest BCUT2D eigenvalue weighted by Gasteiger charge is -2.13. The third-order valence-corrected chi connectivity index (χ3v) is 3.04. The van der Waals surface area contributed by atoms with Gasteiger partial charge in [-0.25, -0.2) is 4.79 Å². The Balaban J connectivity index is 3.47. The van der Waals surface area contributed by atoms with Crippen molar-refractivity contribution >= 4 is 17.7 Å². The first-order valence-electron chi connectivity index (χ1n) is 4.68. The molecule has 96 valence electrons. The fourth-order valence-electron chi connectivity index (χ4n) is 1.33. The average Bonchev–Trinajstić information content (AvgIpc) is 2.29. The second-order valence-corrected chi connectivity index (χ2v) is 4.36. The third kappa shape index (κ3) is 3.17. The second kappa shape index (κ2) is 5.31. The van der Waals surface area contributed by atoms with Crippen LogP contribution in [0.15, 0.2) is 17.0 Å². The number of rotatable bonds is 2. The van der Waals surface area contributed by atoms with Gasteiger partial charge in [0.25, 0.3) is 0 Å². The predicted molar refractivity (Wildman–Crippen MR) is 59.1 cm³/mol. The maximum Gasteiger partial charge on any atom is 0.446 e. The van der Waals surface area contributed by atoms with Crippen LogP contribution in [0.25, 0.3) is 0 Å². The number of halogens is 3. The molecule has 1 rings (SSSR count). The zero-order valence-electron chi connectivity index (χ0n) is 9.46. The van der Waals surface area contributed by atoms with Gasteiger partial charge in [0.15, 0.2) is 0 Å². The smallest absolute Gasteiger partial charge is 0.446 e. The van der Waals surface area contributed by atoms with E-state index >= 15 is 0 Å². The van der Waals surface area contributed by atoms with E-state index < -0.39 is 23.2 Å². The van der Waals surface area contributed by atoms with Gasteiger partial charge >= 0.3 is 11.5 Å². The highest BCUT2D eigenvalue weighted by Crippen LogP contribution is 2.41. The lowest BCUT2D eigenvalue weighted by Crippen LogP contribution is -2.10. The molecule has 0 bridgehead atoms.